The lowest BCUT2D eigenvalue weighted by Gasteiger charge is -2.50. The summed E-state index contributed by atoms with van der Waals surface area (Å²) in [6.07, 6.45) is 0. The Hall–Kier alpha value is -8.78. The van der Waals surface area contributed by atoms with Gasteiger partial charge in [0, 0.05) is 22.9 Å². The molecule has 0 N–H and O–H groups in total. The van der Waals surface area contributed by atoms with Crippen molar-refractivity contribution < 1.29 is 0 Å². The lowest BCUT2D eigenvalue weighted by Crippen LogP contribution is -2.44. The summed E-state index contributed by atoms with van der Waals surface area (Å²) in [6, 6.07) is 101. The van der Waals surface area contributed by atoms with Crippen LogP contribution in [0.15, 0.2) is 267 Å². The molecule has 1 nitrogen and oxygen atoms in total. The van der Waals surface area contributed by atoms with E-state index in [1.807, 2.05) is 0 Å². The van der Waals surface area contributed by atoms with E-state index >= 15 is 0 Å². The molecule has 4 aliphatic carbocycles. The lowest BCUT2D eigenvalue weighted by atomic mass is 9.52. The summed E-state index contributed by atoms with van der Waals surface area (Å²) in [5.41, 5.74) is 27.0. The minimum Gasteiger partial charge on any atom is -0.310 e. The molecule has 0 radical (unpaired) electrons. The molecule has 0 aliphatic heterocycles. The molecule has 0 bridgehead atoms. The van der Waals surface area contributed by atoms with Crippen molar-refractivity contribution >= 4 is 17.1 Å². The Morgan fingerprint density at radius 2 is 0.729 bits per heavy atom. The highest BCUT2D eigenvalue weighted by molar-refractivity contribution is 5.97. The fourth-order valence-electron chi connectivity index (χ4n) is 13.7. The first-order chi connectivity index (χ1) is 34.8. The van der Waals surface area contributed by atoms with Crippen molar-refractivity contribution in [3.8, 4) is 44.5 Å². The number of nitrogens with zero attached hydrogens (tertiary/aromatic N) is 1. The van der Waals surface area contributed by atoms with Gasteiger partial charge >= 0.3 is 0 Å². The summed E-state index contributed by atoms with van der Waals surface area (Å²) in [4.78, 5) is 2.58. The highest BCUT2D eigenvalue weighted by Gasteiger charge is 2.60. The Morgan fingerprint density at radius 3 is 1.36 bits per heavy atom. The van der Waals surface area contributed by atoms with Crippen molar-refractivity contribution in [3.05, 3.63) is 328 Å². The highest BCUT2D eigenvalue weighted by atomic mass is 15.1. The van der Waals surface area contributed by atoms with Crippen LogP contribution in [0.3, 0.4) is 0 Å². The Kier molecular flexibility index (Phi) is 8.33. The number of para-hydroxylation sites is 1. The maximum absolute atomic E-state index is 2.58. The molecule has 2 spiro atoms. The molecule has 1 atom stereocenters. The van der Waals surface area contributed by atoms with Crippen molar-refractivity contribution in [1.82, 2.24) is 0 Å². The molecule has 11 aromatic carbocycles. The van der Waals surface area contributed by atoms with E-state index < -0.39 is 10.8 Å². The van der Waals surface area contributed by atoms with Crippen molar-refractivity contribution in [2.24, 2.45) is 0 Å². The Labute approximate surface area is 409 Å². The molecule has 1 heteroatoms. The van der Waals surface area contributed by atoms with Crippen molar-refractivity contribution in [2.45, 2.75) is 16.7 Å². The van der Waals surface area contributed by atoms with Crippen molar-refractivity contribution in [1.29, 1.82) is 0 Å². The quantitative estimate of drug-likeness (QED) is 0.166. The average molecular weight is 888 g/mol. The zero-order valence-corrected chi connectivity index (χ0v) is 38.4. The largest absolute Gasteiger partial charge is 0.310 e. The van der Waals surface area contributed by atoms with Gasteiger partial charge in [0.1, 0.15) is 0 Å². The molecule has 11 aromatic rings. The van der Waals surface area contributed by atoms with Gasteiger partial charge in [-0.2, -0.15) is 0 Å². The normalized spacial score (nSPS) is 15.2. The number of fused-ring (bicyclic) bond motifs is 19. The topological polar surface area (TPSA) is 3.24 Å². The molecule has 0 amide bonds. The summed E-state index contributed by atoms with van der Waals surface area (Å²) in [5.74, 6) is 0.0543. The van der Waals surface area contributed by atoms with Gasteiger partial charge in [0.25, 0.3) is 0 Å². The Morgan fingerprint density at radius 1 is 0.271 bits per heavy atom. The number of benzene rings is 11. The Balaban J connectivity index is 1.06. The number of rotatable bonds is 5. The minimum atomic E-state index is -0.659. The summed E-state index contributed by atoms with van der Waals surface area (Å²) in [7, 11) is 0. The van der Waals surface area contributed by atoms with Crippen LogP contribution in [0.4, 0.5) is 17.1 Å². The predicted molar refractivity (Wildman–Crippen MR) is 288 cm³/mol. The predicted octanol–water partition coefficient (Wildman–Crippen LogP) is 17.0. The average Bonchev–Trinajstić information content (AvgIpc) is 4.04. The van der Waals surface area contributed by atoms with Gasteiger partial charge in [-0.1, -0.05) is 237 Å². The smallest absolute Gasteiger partial charge is 0.0740 e. The van der Waals surface area contributed by atoms with Crippen LogP contribution in [0, 0.1) is 0 Å². The molecule has 0 heterocycles. The van der Waals surface area contributed by atoms with E-state index in [1.165, 1.54) is 111 Å². The molecule has 0 saturated heterocycles. The molecule has 326 valence electrons. The second kappa shape index (κ2) is 14.9. The van der Waals surface area contributed by atoms with Crippen LogP contribution in [0.1, 0.15) is 67.1 Å². The fraction of sp³-hybridized carbons (Fsp3) is 0.0435. The van der Waals surface area contributed by atoms with Crippen LogP contribution in [0.2, 0.25) is 0 Å². The lowest BCUT2D eigenvalue weighted by molar-refractivity contribution is 0.633. The van der Waals surface area contributed by atoms with E-state index in [1.54, 1.807) is 0 Å². The van der Waals surface area contributed by atoms with Crippen LogP contribution >= 0.6 is 0 Å². The zero-order valence-electron chi connectivity index (χ0n) is 38.4. The maximum atomic E-state index is 2.58. The van der Waals surface area contributed by atoms with E-state index in [-0.39, 0.29) is 5.92 Å². The first-order valence-electron chi connectivity index (χ1n) is 24.6. The molecular formula is C69H45N. The monoisotopic (exact) mass is 887 g/mol. The number of anilines is 3. The maximum Gasteiger partial charge on any atom is 0.0740 e. The molecule has 70 heavy (non-hydrogen) atoms. The standard InChI is InChI=1S/C69H45N/c1-3-21-45(22-4-1)46-23-19-24-47(43-46)66-56-32-8-7-27-50(56)51-42-41-49(44-57(51)66)70(48-25-5-2-6-26-48)65-40-20-39-64-67(65)69(60-35-15-11-30-54(60)55-31-12-16-36-61(55)69)63-38-18-17-37-62(63)68(64)58-33-13-9-28-52(58)53-29-10-14-34-59(53)68/h1-44,66H. The number of hydrogen-bond donors (Lipinski definition) is 0. The first kappa shape index (κ1) is 39.2. The van der Waals surface area contributed by atoms with E-state index in [0.717, 1.165) is 11.4 Å². The van der Waals surface area contributed by atoms with Gasteiger partial charge in [0.05, 0.1) is 16.5 Å². The summed E-state index contributed by atoms with van der Waals surface area (Å²) in [6.45, 7) is 0. The SMILES string of the molecule is c1ccc(-c2cccc(C3c4ccccc4-c4ccc(N(c5ccccc5)c5cccc6c5C5(c7ccccc7-c7ccccc75)c5ccccc5C65c6ccccc6-c6ccccc65)cc43)c2)cc1. The summed E-state index contributed by atoms with van der Waals surface area (Å²) < 4.78 is 0. The highest BCUT2D eigenvalue weighted by Crippen LogP contribution is 2.69. The van der Waals surface area contributed by atoms with Gasteiger partial charge < -0.3 is 4.90 Å². The third kappa shape index (κ3) is 5.11. The second-order valence-electron chi connectivity index (χ2n) is 19.4. The first-order valence-corrected chi connectivity index (χ1v) is 24.6. The van der Waals surface area contributed by atoms with Gasteiger partial charge in [-0.3, -0.25) is 0 Å². The minimum absolute atomic E-state index is 0.0543. The molecule has 0 fully saturated rings. The van der Waals surface area contributed by atoms with E-state index in [9.17, 15) is 0 Å². The van der Waals surface area contributed by atoms with Crippen molar-refractivity contribution in [3.63, 3.8) is 0 Å². The third-order valence-electron chi connectivity index (χ3n) is 16.2. The van der Waals surface area contributed by atoms with Crippen LogP contribution < -0.4 is 4.90 Å². The van der Waals surface area contributed by atoms with Crippen LogP contribution in [-0.4, -0.2) is 0 Å². The van der Waals surface area contributed by atoms with Gasteiger partial charge in [-0.25, -0.2) is 0 Å². The van der Waals surface area contributed by atoms with Gasteiger partial charge in [-0.15, -0.1) is 0 Å². The zero-order chi connectivity index (χ0) is 46.0. The molecule has 4 aliphatic rings. The second-order valence-corrected chi connectivity index (χ2v) is 19.4. The molecular weight excluding hydrogens is 843 g/mol. The molecule has 0 saturated carbocycles. The van der Waals surface area contributed by atoms with Crippen molar-refractivity contribution in [2.75, 3.05) is 4.90 Å². The van der Waals surface area contributed by atoms with Crippen LogP contribution in [-0.2, 0) is 10.8 Å². The van der Waals surface area contributed by atoms with Crippen LogP contribution in [0.5, 0.6) is 0 Å². The van der Waals surface area contributed by atoms with Gasteiger partial charge in [0.15, 0.2) is 0 Å². The third-order valence-corrected chi connectivity index (χ3v) is 16.2. The molecule has 0 aromatic heterocycles. The van der Waals surface area contributed by atoms with E-state index in [4.69, 9.17) is 0 Å². The van der Waals surface area contributed by atoms with E-state index in [0.29, 0.717) is 0 Å². The van der Waals surface area contributed by atoms with E-state index in [2.05, 4.69) is 272 Å². The molecule has 1 unspecified atom stereocenters. The summed E-state index contributed by atoms with van der Waals surface area (Å²) in [5, 5.41) is 0. The van der Waals surface area contributed by atoms with Gasteiger partial charge in [0.2, 0.25) is 0 Å². The molecule has 15 rings (SSSR count). The van der Waals surface area contributed by atoms with Gasteiger partial charge in [-0.05, 0) is 130 Å². The summed E-state index contributed by atoms with van der Waals surface area (Å²) >= 11 is 0. The number of hydrogen-bond acceptors (Lipinski definition) is 1. The fourth-order valence-corrected chi connectivity index (χ4v) is 13.7. The Bertz CT molecular complexity index is 3830. The van der Waals surface area contributed by atoms with Crippen LogP contribution in [0.25, 0.3) is 44.5 Å².